The summed E-state index contributed by atoms with van der Waals surface area (Å²) in [5.41, 5.74) is 1.07. The van der Waals surface area contributed by atoms with Gasteiger partial charge in [-0.05, 0) is 31.9 Å². The molecule has 0 aliphatic carbocycles. The van der Waals surface area contributed by atoms with E-state index in [2.05, 4.69) is 0 Å². The fraction of sp³-hybridized carbons (Fsp3) is 0.500. The molecule has 1 unspecified atom stereocenters. The lowest BCUT2D eigenvalue weighted by Gasteiger charge is -2.27. The van der Waals surface area contributed by atoms with E-state index in [4.69, 9.17) is 8.92 Å². The van der Waals surface area contributed by atoms with Gasteiger partial charge in [-0.25, -0.2) is 0 Å². The Balaban J connectivity index is 1.94. The van der Waals surface area contributed by atoms with Crippen LogP contribution in [0.1, 0.15) is 18.4 Å². The SMILES string of the molecule is Cc1ccc(S(O)(O)OCC2CCCO2)cc1. The average Bonchev–Trinajstić information content (AvgIpc) is 2.80. The van der Waals surface area contributed by atoms with Gasteiger partial charge in [-0.2, -0.15) is 0 Å². The summed E-state index contributed by atoms with van der Waals surface area (Å²) in [7, 11) is -3.14. The summed E-state index contributed by atoms with van der Waals surface area (Å²) < 4.78 is 30.4. The third-order valence-corrected chi connectivity index (χ3v) is 4.12. The molecule has 1 aromatic rings. The van der Waals surface area contributed by atoms with Crippen LogP contribution in [0.4, 0.5) is 0 Å². The van der Waals surface area contributed by atoms with Crippen LogP contribution in [0.25, 0.3) is 0 Å². The molecule has 1 aliphatic rings. The highest BCUT2D eigenvalue weighted by molar-refractivity contribution is 8.20. The molecule has 1 aliphatic heterocycles. The van der Waals surface area contributed by atoms with Crippen molar-refractivity contribution in [3.8, 4) is 0 Å². The molecule has 1 fully saturated rings. The summed E-state index contributed by atoms with van der Waals surface area (Å²) in [4.78, 5) is 0.418. The quantitative estimate of drug-likeness (QED) is 0.870. The first-order valence-corrected chi connectivity index (χ1v) is 7.16. The minimum absolute atomic E-state index is 0.00776. The summed E-state index contributed by atoms with van der Waals surface area (Å²) in [6, 6.07) is 7.03. The molecule has 96 valence electrons. The Morgan fingerprint density at radius 1 is 1.35 bits per heavy atom. The second kappa shape index (κ2) is 5.37. The number of ether oxygens (including phenoxy) is 1. The lowest BCUT2D eigenvalue weighted by atomic mass is 10.2. The highest BCUT2D eigenvalue weighted by atomic mass is 32.3. The van der Waals surface area contributed by atoms with Gasteiger partial charge in [-0.15, -0.1) is 0 Å². The largest absolute Gasteiger partial charge is 0.376 e. The fourth-order valence-corrected chi connectivity index (χ4v) is 2.70. The van der Waals surface area contributed by atoms with Crippen molar-refractivity contribution < 1.29 is 18.0 Å². The Bertz CT molecular complexity index is 357. The van der Waals surface area contributed by atoms with E-state index in [1.807, 2.05) is 19.1 Å². The lowest BCUT2D eigenvalue weighted by Crippen LogP contribution is -2.16. The van der Waals surface area contributed by atoms with Gasteiger partial charge in [0.15, 0.2) is 0 Å². The van der Waals surface area contributed by atoms with E-state index in [-0.39, 0.29) is 12.7 Å². The predicted molar refractivity (Wildman–Crippen MR) is 67.2 cm³/mol. The van der Waals surface area contributed by atoms with Gasteiger partial charge < -0.3 is 13.8 Å². The van der Waals surface area contributed by atoms with Gasteiger partial charge in [0.1, 0.15) is 10.9 Å². The lowest BCUT2D eigenvalue weighted by molar-refractivity contribution is 0.0646. The summed E-state index contributed by atoms with van der Waals surface area (Å²) in [5, 5.41) is 0. The summed E-state index contributed by atoms with van der Waals surface area (Å²) in [6.45, 7) is 2.91. The molecule has 2 rings (SSSR count). The molecule has 0 radical (unpaired) electrons. The molecule has 5 heteroatoms. The standard InChI is InChI=1S/C12H18O4S/c1-10-4-6-12(7-5-10)17(13,14)16-9-11-3-2-8-15-11/h4-7,11,13-14H,2-3,8-9H2,1H3. The zero-order valence-electron chi connectivity index (χ0n) is 9.83. The molecule has 4 nitrogen and oxygen atoms in total. The zero-order chi connectivity index (χ0) is 12.3. The minimum Gasteiger partial charge on any atom is -0.376 e. The molecule has 1 aromatic carbocycles. The van der Waals surface area contributed by atoms with Gasteiger partial charge in [0, 0.05) is 6.61 Å². The maximum absolute atomic E-state index is 9.90. The Labute approximate surface area is 103 Å². The van der Waals surface area contributed by atoms with Crippen LogP contribution >= 0.6 is 10.9 Å². The van der Waals surface area contributed by atoms with E-state index in [1.54, 1.807) is 12.1 Å². The molecule has 1 heterocycles. The highest BCUT2D eigenvalue weighted by Crippen LogP contribution is 2.49. The average molecular weight is 258 g/mol. The van der Waals surface area contributed by atoms with E-state index in [0.717, 1.165) is 25.0 Å². The van der Waals surface area contributed by atoms with Crippen molar-refractivity contribution in [1.29, 1.82) is 0 Å². The van der Waals surface area contributed by atoms with Crippen molar-refractivity contribution in [3.05, 3.63) is 29.8 Å². The molecule has 1 atom stereocenters. The van der Waals surface area contributed by atoms with Gasteiger partial charge in [-0.1, -0.05) is 17.7 Å². The van der Waals surface area contributed by atoms with E-state index >= 15 is 0 Å². The number of aryl methyl sites for hydroxylation is 1. The van der Waals surface area contributed by atoms with Crippen LogP contribution in [-0.4, -0.2) is 28.4 Å². The summed E-state index contributed by atoms with van der Waals surface area (Å²) in [6.07, 6.45) is 1.92. The molecular formula is C12H18O4S. The molecule has 0 aromatic heterocycles. The Hall–Kier alpha value is -0.590. The second-order valence-electron chi connectivity index (χ2n) is 4.23. The molecule has 0 bridgehead atoms. The monoisotopic (exact) mass is 258 g/mol. The van der Waals surface area contributed by atoms with Crippen LogP contribution in [0.2, 0.25) is 0 Å². The van der Waals surface area contributed by atoms with Crippen LogP contribution in [0.15, 0.2) is 29.2 Å². The minimum atomic E-state index is -3.14. The third kappa shape index (κ3) is 3.43. The van der Waals surface area contributed by atoms with Gasteiger partial charge in [0.05, 0.1) is 17.6 Å². The van der Waals surface area contributed by atoms with Crippen molar-refractivity contribution in [1.82, 2.24) is 0 Å². The second-order valence-corrected chi connectivity index (χ2v) is 5.93. The van der Waals surface area contributed by atoms with Crippen molar-refractivity contribution in [2.24, 2.45) is 0 Å². The van der Waals surface area contributed by atoms with Gasteiger partial charge in [0.25, 0.3) is 0 Å². The topological polar surface area (TPSA) is 58.9 Å². The van der Waals surface area contributed by atoms with E-state index in [9.17, 15) is 9.11 Å². The van der Waals surface area contributed by atoms with Crippen molar-refractivity contribution >= 4 is 10.9 Å². The molecule has 0 saturated carbocycles. The molecule has 2 N–H and O–H groups in total. The van der Waals surface area contributed by atoms with Gasteiger partial charge in [-0.3, -0.25) is 4.18 Å². The zero-order valence-corrected chi connectivity index (χ0v) is 10.7. The summed E-state index contributed by atoms with van der Waals surface area (Å²) in [5.74, 6) is 0. The van der Waals surface area contributed by atoms with Gasteiger partial charge >= 0.3 is 0 Å². The normalized spacial score (nSPS) is 21.7. The van der Waals surface area contributed by atoms with Crippen LogP contribution < -0.4 is 0 Å². The van der Waals surface area contributed by atoms with E-state index in [1.165, 1.54) is 0 Å². The van der Waals surface area contributed by atoms with Crippen molar-refractivity contribution in [2.45, 2.75) is 30.8 Å². The van der Waals surface area contributed by atoms with Crippen LogP contribution in [-0.2, 0) is 8.92 Å². The molecular weight excluding hydrogens is 240 g/mol. The smallest absolute Gasteiger partial charge is 0.115 e. The highest BCUT2D eigenvalue weighted by Gasteiger charge is 2.24. The molecule has 1 saturated heterocycles. The van der Waals surface area contributed by atoms with Crippen molar-refractivity contribution in [2.75, 3.05) is 13.2 Å². The first-order chi connectivity index (χ1) is 8.08. The van der Waals surface area contributed by atoms with E-state index < -0.39 is 10.9 Å². The summed E-state index contributed by atoms with van der Waals surface area (Å²) >= 11 is 0. The number of hydrogen-bond acceptors (Lipinski definition) is 4. The fourth-order valence-electron chi connectivity index (χ4n) is 1.73. The number of hydrogen-bond donors (Lipinski definition) is 2. The molecule has 0 amide bonds. The maximum atomic E-state index is 9.90. The Morgan fingerprint density at radius 3 is 2.65 bits per heavy atom. The molecule has 17 heavy (non-hydrogen) atoms. The van der Waals surface area contributed by atoms with Crippen molar-refractivity contribution in [3.63, 3.8) is 0 Å². The van der Waals surface area contributed by atoms with Crippen LogP contribution in [0.3, 0.4) is 0 Å². The first-order valence-electron chi connectivity index (χ1n) is 5.69. The Morgan fingerprint density at radius 2 is 2.06 bits per heavy atom. The predicted octanol–water partition coefficient (Wildman–Crippen LogP) is 3.22. The number of benzene rings is 1. The third-order valence-electron chi connectivity index (χ3n) is 2.77. The number of rotatable bonds is 4. The maximum Gasteiger partial charge on any atom is 0.115 e. The Kier molecular flexibility index (Phi) is 4.06. The molecule has 0 spiro atoms. The van der Waals surface area contributed by atoms with Crippen LogP contribution in [0.5, 0.6) is 0 Å². The van der Waals surface area contributed by atoms with E-state index in [0.29, 0.717) is 4.90 Å². The first kappa shape index (κ1) is 12.9. The van der Waals surface area contributed by atoms with Crippen LogP contribution in [0, 0.1) is 6.92 Å². The van der Waals surface area contributed by atoms with Gasteiger partial charge in [0.2, 0.25) is 0 Å².